The van der Waals surface area contributed by atoms with Crippen molar-refractivity contribution in [1.29, 1.82) is 0 Å². The molecule has 0 atom stereocenters. The predicted molar refractivity (Wildman–Crippen MR) is 155 cm³/mol. The Balaban J connectivity index is 1.72. The molecule has 6 rings (SSSR count). The molecule has 0 unspecified atom stereocenters. The van der Waals surface area contributed by atoms with Crippen LogP contribution in [0.2, 0.25) is 0 Å². The van der Waals surface area contributed by atoms with Crippen molar-refractivity contribution in [3.05, 3.63) is 89.1 Å². The molecule has 3 aromatic carbocycles. The molecule has 0 N–H and O–H groups in total. The summed E-state index contributed by atoms with van der Waals surface area (Å²) in [5, 5.41) is 2.41. The maximum absolute atomic E-state index is 7.00. The van der Waals surface area contributed by atoms with Crippen LogP contribution in [0.5, 0.6) is 0 Å². The van der Waals surface area contributed by atoms with Gasteiger partial charge in [-0.15, -0.1) is 0 Å². The standard InChI is InChI=1S/C35H38NO/c1-21(2)19-35(20-22(3)4)28-11-9-8-10-27(28)32-29(35)15-14-26-25-13-12-24(6)31(33(25)37-34(26)32)30-18-23(5)16-17-36(30)7/h8-18,21-22H,19-20H2,1-7H3/q+1. The van der Waals surface area contributed by atoms with E-state index in [4.69, 9.17) is 4.42 Å². The Morgan fingerprint density at radius 3 is 2.11 bits per heavy atom. The molecule has 5 aromatic rings. The normalized spacial score (nSPS) is 14.2. The smallest absolute Gasteiger partial charge is 0.216 e. The van der Waals surface area contributed by atoms with Gasteiger partial charge in [-0.3, -0.25) is 0 Å². The highest BCUT2D eigenvalue weighted by Gasteiger charge is 2.45. The van der Waals surface area contributed by atoms with E-state index in [1.807, 2.05) is 0 Å². The van der Waals surface area contributed by atoms with E-state index in [0.29, 0.717) is 11.8 Å². The lowest BCUT2D eigenvalue weighted by Gasteiger charge is -2.35. The van der Waals surface area contributed by atoms with Gasteiger partial charge in [0.15, 0.2) is 6.20 Å². The van der Waals surface area contributed by atoms with Crippen LogP contribution < -0.4 is 4.57 Å². The van der Waals surface area contributed by atoms with Crippen molar-refractivity contribution in [3.8, 4) is 22.4 Å². The van der Waals surface area contributed by atoms with Crippen molar-refractivity contribution in [2.45, 2.75) is 59.8 Å². The van der Waals surface area contributed by atoms with Gasteiger partial charge >= 0.3 is 0 Å². The van der Waals surface area contributed by atoms with Crippen LogP contribution in [0.1, 0.15) is 62.8 Å². The van der Waals surface area contributed by atoms with Gasteiger partial charge in [-0.25, -0.2) is 4.57 Å². The van der Waals surface area contributed by atoms with Crippen LogP contribution in [-0.2, 0) is 12.5 Å². The Morgan fingerprint density at radius 2 is 1.41 bits per heavy atom. The maximum Gasteiger partial charge on any atom is 0.216 e. The summed E-state index contributed by atoms with van der Waals surface area (Å²) in [5.74, 6) is 1.19. The molecular formula is C35H38NO+. The number of furan rings is 1. The minimum atomic E-state index is 0.0170. The Bertz CT molecular complexity index is 1660. The molecule has 2 nitrogen and oxygen atoms in total. The van der Waals surface area contributed by atoms with Gasteiger partial charge in [0.2, 0.25) is 5.69 Å². The van der Waals surface area contributed by atoms with Crippen molar-refractivity contribution in [2.75, 3.05) is 0 Å². The number of hydrogen-bond donors (Lipinski definition) is 0. The SMILES string of the molecule is Cc1cc[n+](C)c(-c2c(C)ccc3c2oc2c4c(ccc23)C(CC(C)C)(CC(C)C)c2ccccc2-4)c1. The fourth-order valence-electron chi connectivity index (χ4n) is 7.09. The highest BCUT2D eigenvalue weighted by atomic mass is 16.3. The second-order valence-electron chi connectivity index (χ2n) is 12.1. The fourth-order valence-corrected chi connectivity index (χ4v) is 7.09. The van der Waals surface area contributed by atoms with Gasteiger partial charge in [-0.05, 0) is 66.3 Å². The molecule has 188 valence electrons. The maximum atomic E-state index is 7.00. The van der Waals surface area contributed by atoms with Crippen molar-refractivity contribution < 1.29 is 8.98 Å². The number of pyridine rings is 1. The molecule has 1 aliphatic carbocycles. The largest absolute Gasteiger partial charge is 0.454 e. The third-order valence-electron chi connectivity index (χ3n) is 8.32. The molecule has 2 aromatic heterocycles. The number of aryl methyl sites for hydroxylation is 3. The number of aromatic nitrogens is 1. The van der Waals surface area contributed by atoms with E-state index >= 15 is 0 Å². The summed E-state index contributed by atoms with van der Waals surface area (Å²) in [5.41, 5.74) is 12.5. The van der Waals surface area contributed by atoms with E-state index < -0.39 is 0 Å². The Hall–Kier alpha value is -3.39. The minimum Gasteiger partial charge on any atom is -0.454 e. The molecule has 0 saturated heterocycles. The number of fused-ring (bicyclic) bond motifs is 7. The number of nitrogens with zero attached hydrogens (tertiary/aromatic N) is 1. The van der Waals surface area contributed by atoms with Crippen LogP contribution in [0.15, 0.2) is 71.3 Å². The summed E-state index contributed by atoms with van der Waals surface area (Å²) in [6.07, 6.45) is 4.43. The van der Waals surface area contributed by atoms with Crippen LogP contribution in [0.3, 0.4) is 0 Å². The fraction of sp³-hybridized carbons (Fsp3) is 0.343. The summed E-state index contributed by atoms with van der Waals surface area (Å²) in [7, 11) is 2.12. The molecule has 0 aliphatic heterocycles. The highest BCUT2D eigenvalue weighted by molar-refractivity contribution is 6.14. The third kappa shape index (κ3) is 3.56. The molecule has 2 heterocycles. The van der Waals surface area contributed by atoms with Crippen molar-refractivity contribution in [2.24, 2.45) is 18.9 Å². The number of benzene rings is 3. The summed E-state index contributed by atoms with van der Waals surface area (Å²) in [6.45, 7) is 13.8. The van der Waals surface area contributed by atoms with Gasteiger partial charge in [0.25, 0.3) is 0 Å². The van der Waals surface area contributed by atoms with E-state index in [-0.39, 0.29) is 5.41 Å². The zero-order valence-corrected chi connectivity index (χ0v) is 23.3. The van der Waals surface area contributed by atoms with Gasteiger partial charge in [0, 0.05) is 33.9 Å². The first-order chi connectivity index (χ1) is 17.7. The zero-order chi connectivity index (χ0) is 26.1. The van der Waals surface area contributed by atoms with Crippen molar-refractivity contribution in [1.82, 2.24) is 0 Å². The average molecular weight is 489 g/mol. The van der Waals surface area contributed by atoms with Gasteiger partial charge < -0.3 is 4.42 Å². The lowest BCUT2D eigenvalue weighted by atomic mass is 9.68. The van der Waals surface area contributed by atoms with Gasteiger partial charge in [-0.1, -0.05) is 76.2 Å². The van der Waals surface area contributed by atoms with E-state index in [0.717, 1.165) is 24.0 Å². The van der Waals surface area contributed by atoms with Crippen molar-refractivity contribution in [3.63, 3.8) is 0 Å². The number of hydrogen-bond acceptors (Lipinski definition) is 1. The monoisotopic (exact) mass is 488 g/mol. The molecule has 0 amide bonds. The quantitative estimate of drug-likeness (QED) is 0.226. The summed E-state index contributed by atoms with van der Waals surface area (Å²) < 4.78 is 9.21. The van der Waals surface area contributed by atoms with Gasteiger partial charge in [0.1, 0.15) is 18.2 Å². The predicted octanol–water partition coefficient (Wildman–Crippen LogP) is 9.05. The van der Waals surface area contributed by atoms with E-state index in [1.54, 1.807) is 0 Å². The van der Waals surface area contributed by atoms with Crippen LogP contribution in [0.4, 0.5) is 0 Å². The topological polar surface area (TPSA) is 17.0 Å². The van der Waals surface area contributed by atoms with E-state index in [9.17, 15) is 0 Å². The summed E-state index contributed by atoms with van der Waals surface area (Å²) >= 11 is 0. The van der Waals surface area contributed by atoms with Crippen molar-refractivity contribution >= 4 is 21.9 Å². The van der Waals surface area contributed by atoms with E-state index in [2.05, 4.69) is 120 Å². The third-order valence-corrected chi connectivity index (χ3v) is 8.32. The highest BCUT2D eigenvalue weighted by Crippen LogP contribution is 2.57. The first-order valence-corrected chi connectivity index (χ1v) is 13.8. The minimum absolute atomic E-state index is 0.0170. The molecule has 0 saturated carbocycles. The molecule has 1 aliphatic rings. The molecule has 0 fully saturated rings. The lowest BCUT2D eigenvalue weighted by Crippen LogP contribution is -2.30. The second-order valence-corrected chi connectivity index (χ2v) is 12.1. The zero-order valence-electron chi connectivity index (χ0n) is 23.3. The molecule has 0 bridgehead atoms. The molecule has 0 radical (unpaired) electrons. The summed E-state index contributed by atoms with van der Waals surface area (Å²) in [6, 6.07) is 22.8. The average Bonchev–Trinajstić information content (AvgIpc) is 3.34. The van der Waals surface area contributed by atoms with Gasteiger partial charge in [0.05, 0.1) is 5.56 Å². The molecule has 0 spiro atoms. The number of rotatable bonds is 5. The van der Waals surface area contributed by atoms with E-state index in [1.165, 1.54) is 55.4 Å². The van der Waals surface area contributed by atoms with Crippen LogP contribution >= 0.6 is 0 Å². The molecular weight excluding hydrogens is 450 g/mol. The Kier molecular flexibility index (Phi) is 5.56. The Morgan fingerprint density at radius 1 is 0.757 bits per heavy atom. The Labute approximate surface area is 221 Å². The second kappa shape index (κ2) is 8.58. The van der Waals surface area contributed by atoms with Crippen LogP contribution in [-0.4, -0.2) is 0 Å². The lowest BCUT2D eigenvalue weighted by molar-refractivity contribution is -0.660. The first-order valence-electron chi connectivity index (χ1n) is 13.8. The summed E-state index contributed by atoms with van der Waals surface area (Å²) in [4.78, 5) is 0. The van der Waals surface area contributed by atoms with Crippen LogP contribution in [0.25, 0.3) is 44.3 Å². The molecule has 37 heavy (non-hydrogen) atoms. The first kappa shape index (κ1) is 24.0. The molecule has 2 heteroatoms. The van der Waals surface area contributed by atoms with Gasteiger partial charge in [-0.2, -0.15) is 0 Å². The van der Waals surface area contributed by atoms with Crippen LogP contribution in [0, 0.1) is 25.7 Å².